The zero-order valence-electron chi connectivity index (χ0n) is 18.9. The van der Waals surface area contributed by atoms with Gasteiger partial charge >= 0.3 is 5.97 Å². The number of aromatic amines is 1. The average Bonchev–Trinajstić information content (AvgIpc) is 3.16. The van der Waals surface area contributed by atoms with Crippen molar-refractivity contribution < 1.29 is 19.2 Å². The second kappa shape index (κ2) is 10.3. The fraction of sp³-hybridized carbons (Fsp3) is 0.409. The quantitative estimate of drug-likeness (QED) is 0.220. The van der Waals surface area contributed by atoms with Crippen LogP contribution in [0.3, 0.4) is 0 Å². The third-order valence-corrected chi connectivity index (χ3v) is 6.89. The number of fused-ring (bicyclic) bond motifs is 1. The first kappa shape index (κ1) is 23.8. The zero-order valence-corrected chi connectivity index (χ0v) is 19.7. The number of aryl methyl sites for hydroxylation is 1. The third kappa shape index (κ3) is 5.08. The highest BCUT2D eigenvalue weighted by atomic mass is 32.1. The normalized spacial score (nSPS) is 14.5. The number of nitrogens with zero attached hydrogens (tertiary/aromatic N) is 4. The molecule has 0 unspecified atom stereocenters. The molecule has 1 aliphatic rings. The molecule has 0 radical (unpaired) electrons. The van der Waals surface area contributed by atoms with E-state index in [1.165, 1.54) is 19.2 Å². The van der Waals surface area contributed by atoms with Gasteiger partial charge in [0, 0.05) is 51.1 Å². The van der Waals surface area contributed by atoms with Gasteiger partial charge in [0.05, 0.1) is 23.5 Å². The van der Waals surface area contributed by atoms with Crippen molar-refractivity contribution in [3.05, 3.63) is 61.0 Å². The molecule has 0 atom stereocenters. The number of nitro groups is 1. The van der Waals surface area contributed by atoms with Crippen molar-refractivity contribution in [3.8, 4) is 0 Å². The molecule has 12 heteroatoms. The van der Waals surface area contributed by atoms with Gasteiger partial charge in [0.25, 0.3) is 11.2 Å². The lowest BCUT2D eigenvalue weighted by molar-refractivity contribution is -0.384. The lowest BCUT2D eigenvalue weighted by Crippen LogP contribution is -2.46. The molecule has 1 fully saturated rings. The van der Waals surface area contributed by atoms with Crippen LogP contribution >= 0.6 is 11.3 Å². The highest BCUT2D eigenvalue weighted by molar-refractivity contribution is 7.20. The van der Waals surface area contributed by atoms with Gasteiger partial charge in [0.2, 0.25) is 0 Å². The molecule has 0 saturated carbocycles. The van der Waals surface area contributed by atoms with Crippen LogP contribution in [-0.4, -0.2) is 72.3 Å². The Kier molecular flexibility index (Phi) is 7.20. The molecule has 11 nitrogen and oxygen atoms in total. The van der Waals surface area contributed by atoms with Crippen LogP contribution in [0.5, 0.6) is 0 Å². The van der Waals surface area contributed by atoms with Gasteiger partial charge in [-0.3, -0.25) is 19.8 Å². The fourth-order valence-electron chi connectivity index (χ4n) is 3.90. The van der Waals surface area contributed by atoms with E-state index in [4.69, 9.17) is 9.47 Å². The maximum atomic E-state index is 12.7. The van der Waals surface area contributed by atoms with E-state index in [1.54, 1.807) is 19.1 Å². The molecule has 0 aliphatic carbocycles. The summed E-state index contributed by atoms with van der Waals surface area (Å²) in [7, 11) is 1.53. The van der Waals surface area contributed by atoms with Crippen molar-refractivity contribution in [2.45, 2.75) is 13.5 Å². The molecule has 1 aliphatic heterocycles. The number of carbonyl (C=O) groups is 1. The summed E-state index contributed by atoms with van der Waals surface area (Å²) in [6.07, 6.45) is 0. The van der Waals surface area contributed by atoms with Gasteiger partial charge in [0.1, 0.15) is 22.1 Å². The molecule has 0 spiro atoms. The van der Waals surface area contributed by atoms with Gasteiger partial charge in [0.15, 0.2) is 0 Å². The Bertz CT molecular complexity index is 1250. The summed E-state index contributed by atoms with van der Waals surface area (Å²) in [5.41, 5.74) is 1.31. The number of esters is 1. The average molecular weight is 488 g/mol. The summed E-state index contributed by atoms with van der Waals surface area (Å²) in [4.78, 5) is 48.2. The molecule has 2 aromatic heterocycles. The van der Waals surface area contributed by atoms with Crippen LogP contribution in [0.4, 0.5) is 11.4 Å². The number of ether oxygens (including phenoxy) is 2. The second-order valence-corrected chi connectivity index (χ2v) is 8.91. The number of anilines is 1. The van der Waals surface area contributed by atoms with Gasteiger partial charge in [-0.15, -0.1) is 11.3 Å². The number of piperazine rings is 1. The predicted octanol–water partition coefficient (Wildman–Crippen LogP) is 2.33. The van der Waals surface area contributed by atoms with Gasteiger partial charge in [-0.2, -0.15) is 0 Å². The van der Waals surface area contributed by atoms with Crippen LogP contribution in [0.2, 0.25) is 0 Å². The van der Waals surface area contributed by atoms with E-state index in [-0.39, 0.29) is 17.9 Å². The Hall–Kier alpha value is -3.35. The highest BCUT2D eigenvalue weighted by Gasteiger charge is 2.22. The number of aromatic nitrogens is 2. The first-order chi connectivity index (χ1) is 16.4. The molecule has 0 bridgehead atoms. The Balaban J connectivity index is 1.42. The maximum absolute atomic E-state index is 12.7. The van der Waals surface area contributed by atoms with Crippen LogP contribution in [-0.2, 0) is 16.0 Å². The van der Waals surface area contributed by atoms with Gasteiger partial charge in [-0.25, -0.2) is 9.78 Å². The second-order valence-electron chi connectivity index (χ2n) is 7.91. The SMILES string of the molecule is COCCOC(=O)c1sc2nc(CN3CCN(c4ccc([N+](=O)[O-])cc4)CC3)[nH]c(=O)c2c1C. The molecule has 3 heterocycles. The van der Waals surface area contributed by atoms with Crippen LogP contribution in [0.25, 0.3) is 10.2 Å². The number of nitro benzene ring substituents is 1. The number of benzene rings is 1. The molecule has 180 valence electrons. The summed E-state index contributed by atoms with van der Waals surface area (Å²) in [6.45, 7) is 5.64. The van der Waals surface area contributed by atoms with Crippen LogP contribution < -0.4 is 10.5 Å². The molecule has 34 heavy (non-hydrogen) atoms. The Morgan fingerprint density at radius 2 is 1.91 bits per heavy atom. The monoisotopic (exact) mass is 487 g/mol. The Morgan fingerprint density at radius 1 is 1.21 bits per heavy atom. The van der Waals surface area contributed by atoms with E-state index < -0.39 is 10.9 Å². The largest absolute Gasteiger partial charge is 0.459 e. The standard InChI is InChI=1S/C22H25N5O6S/c1-14-18-20(28)23-17(24-21(18)34-19(14)22(29)33-12-11-32-2)13-25-7-9-26(10-8-25)15-3-5-16(6-4-15)27(30)31/h3-6H,7-13H2,1-2H3,(H,23,24,28). The van der Waals surface area contributed by atoms with Crippen LogP contribution in [0, 0.1) is 17.0 Å². The van der Waals surface area contributed by atoms with Crippen molar-refractivity contribution in [1.82, 2.24) is 14.9 Å². The minimum Gasteiger partial charge on any atom is -0.459 e. The number of carbonyl (C=O) groups excluding carboxylic acids is 1. The third-order valence-electron chi connectivity index (χ3n) is 5.73. The van der Waals surface area contributed by atoms with E-state index in [2.05, 4.69) is 19.8 Å². The van der Waals surface area contributed by atoms with E-state index in [0.717, 1.165) is 43.2 Å². The molecule has 0 amide bonds. The van der Waals surface area contributed by atoms with E-state index in [1.807, 2.05) is 0 Å². The minimum atomic E-state index is -0.485. The number of non-ortho nitro benzene ring substituents is 1. The minimum absolute atomic E-state index is 0.0722. The Labute approximate surface area is 199 Å². The number of thiophene rings is 1. The molecule has 1 saturated heterocycles. The van der Waals surface area contributed by atoms with Crippen molar-refractivity contribution >= 4 is 38.9 Å². The molecular formula is C22H25N5O6S. The number of hydrogen-bond acceptors (Lipinski definition) is 10. The summed E-state index contributed by atoms with van der Waals surface area (Å²) < 4.78 is 10.1. The lowest BCUT2D eigenvalue weighted by Gasteiger charge is -2.35. The van der Waals surface area contributed by atoms with Crippen molar-refractivity contribution in [2.24, 2.45) is 0 Å². The first-order valence-corrected chi connectivity index (χ1v) is 11.6. The molecule has 1 N–H and O–H groups in total. The molecule has 4 rings (SSSR count). The molecule has 1 aromatic carbocycles. The fourth-order valence-corrected chi connectivity index (χ4v) is 5.00. The van der Waals surface area contributed by atoms with Crippen molar-refractivity contribution in [1.29, 1.82) is 0 Å². The van der Waals surface area contributed by atoms with E-state index >= 15 is 0 Å². The number of hydrogen-bond donors (Lipinski definition) is 1. The summed E-state index contributed by atoms with van der Waals surface area (Å²) in [5, 5.41) is 11.3. The van der Waals surface area contributed by atoms with Crippen LogP contribution in [0.15, 0.2) is 29.1 Å². The summed E-state index contributed by atoms with van der Waals surface area (Å²) in [5.74, 6) is 0.0581. The van der Waals surface area contributed by atoms with Crippen molar-refractivity contribution in [2.75, 3.05) is 51.4 Å². The number of H-pyrrole nitrogens is 1. The predicted molar refractivity (Wildman–Crippen MR) is 128 cm³/mol. The van der Waals surface area contributed by atoms with Gasteiger partial charge < -0.3 is 19.4 Å². The summed E-state index contributed by atoms with van der Waals surface area (Å²) in [6, 6.07) is 6.54. The topological polar surface area (TPSA) is 131 Å². The van der Waals surface area contributed by atoms with Crippen LogP contribution in [0.1, 0.15) is 21.1 Å². The number of methoxy groups -OCH3 is 1. The molecular weight excluding hydrogens is 462 g/mol. The maximum Gasteiger partial charge on any atom is 0.348 e. The smallest absolute Gasteiger partial charge is 0.348 e. The molecule has 3 aromatic rings. The number of rotatable bonds is 8. The first-order valence-electron chi connectivity index (χ1n) is 10.8. The summed E-state index contributed by atoms with van der Waals surface area (Å²) >= 11 is 1.16. The van der Waals surface area contributed by atoms with Gasteiger partial charge in [-0.1, -0.05) is 0 Å². The lowest BCUT2D eigenvalue weighted by atomic mass is 10.2. The van der Waals surface area contributed by atoms with Crippen molar-refractivity contribution in [3.63, 3.8) is 0 Å². The zero-order chi connectivity index (χ0) is 24.2. The van der Waals surface area contributed by atoms with E-state index in [0.29, 0.717) is 39.6 Å². The van der Waals surface area contributed by atoms with Gasteiger partial charge in [-0.05, 0) is 24.6 Å². The Morgan fingerprint density at radius 3 is 2.56 bits per heavy atom. The van der Waals surface area contributed by atoms with E-state index in [9.17, 15) is 19.7 Å². The number of nitrogens with one attached hydrogen (secondary N) is 1. The highest BCUT2D eigenvalue weighted by Crippen LogP contribution is 2.28.